The lowest BCUT2D eigenvalue weighted by atomic mass is 10.2. The molecule has 0 unspecified atom stereocenters. The molecule has 0 aromatic heterocycles. The molecule has 0 rings (SSSR count). The normalized spacial score (nSPS) is 9.83. The van der Waals surface area contributed by atoms with E-state index < -0.39 is 6.61 Å². The third-order valence-electron chi connectivity index (χ3n) is 1.55. The van der Waals surface area contributed by atoms with E-state index in [1.54, 1.807) is 0 Å². The molecule has 0 fully saturated rings. The highest BCUT2D eigenvalue weighted by Gasteiger charge is 1.95. The van der Waals surface area contributed by atoms with E-state index in [9.17, 15) is 4.79 Å². The number of hydrogen-bond donors (Lipinski definition) is 3. The zero-order valence-electron chi connectivity index (χ0n) is 7.25. The molecule has 0 saturated carbocycles. The van der Waals surface area contributed by atoms with Crippen LogP contribution in [0.1, 0.15) is 25.7 Å². The topological polar surface area (TPSA) is 69.6 Å². The van der Waals surface area contributed by atoms with Crippen molar-refractivity contribution in [2.75, 3.05) is 19.8 Å². The van der Waals surface area contributed by atoms with Gasteiger partial charge in [0.2, 0.25) is 5.91 Å². The maximum atomic E-state index is 10.5. The number of carbonyl (C=O) groups is 1. The molecule has 0 aliphatic heterocycles. The van der Waals surface area contributed by atoms with Gasteiger partial charge in [0.15, 0.2) is 0 Å². The van der Waals surface area contributed by atoms with E-state index in [0.29, 0.717) is 6.54 Å². The zero-order valence-corrected chi connectivity index (χ0v) is 7.25. The summed E-state index contributed by atoms with van der Waals surface area (Å²) in [7, 11) is 0. The second kappa shape index (κ2) is 8.49. The molecule has 0 saturated heterocycles. The number of nitrogens with one attached hydrogen (secondary N) is 1. The molecule has 0 bridgehead atoms. The van der Waals surface area contributed by atoms with Gasteiger partial charge >= 0.3 is 0 Å². The summed E-state index contributed by atoms with van der Waals surface area (Å²) in [4.78, 5) is 10.5. The predicted molar refractivity (Wildman–Crippen MR) is 45.6 cm³/mol. The summed E-state index contributed by atoms with van der Waals surface area (Å²) in [5.41, 5.74) is 0. The number of carbonyl (C=O) groups excluding carboxylic acids is 1. The van der Waals surface area contributed by atoms with E-state index >= 15 is 0 Å². The van der Waals surface area contributed by atoms with Crippen LogP contribution in [-0.4, -0.2) is 35.9 Å². The SMILES string of the molecule is O=C(CO)NCCCCCCO. The molecule has 0 aliphatic rings. The fraction of sp³-hybridized carbons (Fsp3) is 0.875. The molecule has 0 atom stereocenters. The quantitative estimate of drug-likeness (QED) is 0.463. The van der Waals surface area contributed by atoms with E-state index in [0.717, 1.165) is 25.7 Å². The van der Waals surface area contributed by atoms with Gasteiger partial charge in [-0.05, 0) is 12.8 Å². The average Bonchev–Trinajstić information content (AvgIpc) is 2.10. The lowest BCUT2D eigenvalue weighted by Crippen LogP contribution is -2.26. The Hall–Kier alpha value is -0.610. The van der Waals surface area contributed by atoms with E-state index in [4.69, 9.17) is 10.2 Å². The van der Waals surface area contributed by atoms with Crippen molar-refractivity contribution in [3.63, 3.8) is 0 Å². The minimum atomic E-state index is -0.434. The molecule has 0 heterocycles. The van der Waals surface area contributed by atoms with Gasteiger partial charge in [-0.3, -0.25) is 4.79 Å². The molecular weight excluding hydrogens is 158 g/mol. The van der Waals surface area contributed by atoms with Crippen molar-refractivity contribution in [2.24, 2.45) is 0 Å². The largest absolute Gasteiger partial charge is 0.396 e. The number of unbranched alkanes of at least 4 members (excludes halogenated alkanes) is 3. The summed E-state index contributed by atoms with van der Waals surface area (Å²) >= 11 is 0. The summed E-state index contributed by atoms with van der Waals surface area (Å²) in [5, 5.41) is 19.3. The lowest BCUT2D eigenvalue weighted by molar-refractivity contribution is -0.123. The maximum Gasteiger partial charge on any atom is 0.245 e. The van der Waals surface area contributed by atoms with Gasteiger partial charge in [0.1, 0.15) is 6.61 Å². The second-order valence-corrected chi connectivity index (χ2v) is 2.65. The van der Waals surface area contributed by atoms with Crippen molar-refractivity contribution in [2.45, 2.75) is 25.7 Å². The Morgan fingerprint density at radius 3 is 2.33 bits per heavy atom. The standard InChI is InChI=1S/C8H17NO3/c10-6-4-2-1-3-5-9-8(12)7-11/h10-11H,1-7H2,(H,9,12). The van der Waals surface area contributed by atoms with E-state index in [1.165, 1.54) is 0 Å². The molecule has 0 spiro atoms. The fourth-order valence-corrected chi connectivity index (χ4v) is 0.874. The molecule has 4 nitrogen and oxygen atoms in total. The van der Waals surface area contributed by atoms with Crippen LogP contribution in [0.4, 0.5) is 0 Å². The number of aliphatic hydroxyl groups excluding tert-OH is 2. The van der Waals surface area contributed by atoms with E-state index in [-0.39, 0.29) is 12.5 Å². The van der Waals surface area contributed by atoms with E-state index in [2.05, 4.69) is 5.32 Å². The molecule has 0 aromatic carbocycles. The van der Waals surface area contributed by atoms with Gasteiger partial charge in [-0.2, -0.15) is 0 Å². The monoisotopic (exact) mass is 175 g/mol. The molecule has 0 aromatic rings. The number of aliphatic hydroxyl groups is 2. The van der Waals surface area contributed by atoms with Gasteiger partial charge in [-0.1, -0.05) is 12.8 Å². The van der Waals surface area contributed by atoms with Crippen LogP contribution in [0.3, 0.4) is 0 Å². The van der Waals surface area contributed by atoms with Crippen LogP contribution >= 0.6 is 0 Å². The van der Waals surface area contributed by atoms with Crippen molar-refractivity contribution in [1.29, 1.82) is 0 Å². The van der Waals surface area contributed by atoms with Gasteiger partial charge in [0, 0.05) is 13.2 Å². The summed E-state index contributed by atoms with van der Waals surface area (Å²) in [5.74, 6) is -0.322. The van der Waals surface area contributed by atoms with Gasteiger partial charge < -0.3 is 15.5 Å². The van der Waals surface area contributed by atoms with Crippen molar-refractivity contribution < 1.29 is 15.0 Å². The first-order valence-corrected chi connectivity index (χ1v) is 4.29. The third-order valence-corrected chi connectivity index (χ3v) is 1.55. The molecule has 4 heteroatoms. The Balaban J connectivity index is 2.95. The Kier molecular flexibility index (Phi) is 8.05. The number of rotatable bonds is 7. The average molecular weight is 175 g/mol. The molecule has 3 N–H and O–H groups in total. The molecule has 0 aliphatic carbocycles. The first-order chi connectivity index (χ1) is 5.81. The number of hydrogen-bond acceptors (Lipinski definition) is 3. The second-order valence-electron chi connectivity index (χ2n) is 2.65. The highest BCUT2D eigenvalue weighted by Crippen LogP contribution is 1.97. The van der Waals surface area contributed by atoms with Crippen molar-refractivity contribution in [3.8, 4) is 0 Å². The van der Waals surface area contributed by atoms with Crippen LogP contribution in [0.2, 0.25) is 0 Å². The first kappa shape index (κ1) is 11.4. The van der Waals surface area contributed by atoms with Crippen LogP contribution in [0, 0.1) is 0 Å². The molecule has 72 valence electrons. The minimum Gasteiger partial charge on any atom is -0.396 e. The smallest absolute Gasteiger partial charge is 0.245 e. The van der Waals surface area contributed by atoms with Crippen LogP contribution in [-0.2, 0) is 4.79 Å². The van der Waals surface area contributed by atoms with Crippen molar-refractivity contribution in [3.05, 3.63) is 0 Å². The van der Waals surface area contributed by atoms with Gasteiger partial charge in [0.05, 0.1) is 0 Å². The first-order valence-electron chi connectivity index (χ1n) is 4.29. The Morgan fingerprint density at radius 2 is 1.75 bits per heavy atom. The van der Waals surface area contributed by atoms with Crippen LogP contribution in [0.5, 0.6) is 0 Å². The van der Waals surface area contributed by atoms with Crippen molar-refractivity contribution in [1.82, 2.24) is 5.32 Å². The summed E-state index contributed by atoms with van der Waals surface area (Å²) in [6, 6.07) is 0. The minimum absolute atomic E-state index is 0.239. The zero-order chi connectivity index (χ0) is 9.23. The molecule has 12 heavy (non-hydrogen) atoms. The van der Waals surface area contributed by atoms with Gasteiger partial charge in [-0.25, -0.2) is 0 Å². The Bertz CT molecular complexity index is 117. The van der Waals surface area contributed by atoms with Crippen LogP contribution in [0.25, 0.3) is 0 Å². The Labute approximate surface area is 72.6 Å². The summed E-state index contributed by atoms with van der Waals surface area (Å²) in [6.45, 7) is 0.421. The predicted octanol–water partition coefficient (Wildman–Crippen LogP) is -0.352. The van der Waals surface area contributed by atoms with E-state index in [1.807, 2.05) is 0 Å². The van der Waals surface area contributed by atoms with Crippen LogP contribution in [0.15, 0.2) is 0 Å². The highest BCUT2D eigenvalue weighted by atomic mass is 16.3. The maximum absolute atomic E-state index is 10.5. The molecular formula is C8H17NO3. The number of amides is 1. The summed E-state index contributed by atoms with van der Waals surface area (Å²) in [6.07, 6.45) is 3.73. The van der Waals surface area contributed by atoms with Crippen LogP contribution < -0.4 is 5.32 Å². The molecule has 1 amide bonds. The molecule has 0 radical (unpaired) electrons. The van der Waals surface area contributed by atoms with Gasteiger partial charge in [0.25, 0.3) is 0 Å². The fourth-order valence-electron chi connectivity index (χ4n) is 0.874. The third kappa shape index (κ3) is 7.50. The van der Waals surface area contributed by atoms with Crippen molar-refractivity contribution >= 4 is 5.91 Å². The lowest BCUT2D eigenvalue weighted by Gasteiger charge is -2.01. The summed E-state index contributed by atoms with van der Waals surface area (Å²) < 4.78 is 0. The highest BCUT2D eigenvalue weighted by molar-refractivity contribution is 5.76. The van der Waals surface area contributed by atoms with Gasteiger partial charge in [-0.15, -0.1) is 0 Å². The Morgan fingerprint density at radius 1 is 1.08 bits per heavy atom.